The van der Waals surface area contributed by atoms with Crippen LogP contribution in [0, 0.1) is 5.92 Å². The number of amides is 2. The van der Waals surface area contributed by atoms with E-state index in [0.29, 0.717) is 29.3 Å². The third-order valence-corrected chi connectivity index (χ3v) is 6.12. The highest BCUT2D eigenvalue weighted by Crippen LogP contribution is 2.30. The molecule has 0 bridgehead atoms. The maximum atomic E-state index is 12.8. The largest absolute Gasteiger partial charge is 0.492 e. The Labute approximate surface area is 182 Å². The van der Waals surface area contributed by atoms with Crippen LogP contribution in [0.2, 0.25) is 5.02 Å². The zero-order valence-electron chi connectivity index (χ0n) is 17.0. The summed E-state index contributed by atoms with van der Waals surface area (Å²) in [5.74, 6) is 0.409. The molecule has 0 radical (unpaired) electrons. The number of hydrogen-bond donors (Lipinski definition) is 2. The van der Waals surface area contributed by atoms with Crippen molar-refractivity contribution >= 4 is 29.1 Å². The smallest absolute Gasteiger partial charge is 0.255 e. The second kappa shape index (κ2) is 9.52. The molecular weight excluding hydrogens is 400 g/mol. The van der Waals surface area contributed by atoms with Crippen molar-refractivity contribution in [3.63, 3.8) is 0 Å². The maximum Gasteiger partial charge on any atom is 0.255 e. The van der Waals surface area contributed by atoms with Gasteiger partial charge in [0.15, 0.2) is 0 Å². The number of halogens is 1. The minimum atomic E-state index is -0.225. The van der Waals surface area contributed by atoms with Crippen molar-refractivity contribution in [1.29, 1.82) is 0 Å². The summed E-state index contributed by atoms with van der Waals surface area (Å²) >= 11 is 5.98. The number of hydrogen-bond acceptors (Lipinski definition) is 3. The van der Waals surface area contributed by atoms with Crippen molar-refractivity contribution in [2.75, 3.05) is 11.9 Å². The van der Waals surface area contributed by atoms with Crippen LogP contribution in [-0.4, -0.2) is 24.5 Å². The lowest BCUT2D eigenvalue weighted by molar-refractivity contribution is -0.127. The van der Waals surface area contributed by atoms with Crippen molar-refractivity contribution in [3.8, 4) is 5.75 Å². The molecule has 1 heterocycles. The second-order valence-corrected chi connectivity index (χ2v) is 8.63. The van der Waals surface area contributed by atoms with E-state index in [9.17, 15) is 9.59 Å². The molecule has 2 aliphatic rings. The molecule has 5 nitrogen and oxygen atoms in total. The van der Waals surface area contributed by atoms with Crippen molar-refractivity contribution in [3.05, 3.63) is 58.6 Å². The Hall–Kier alpha value is -2.53. The summed E-state index contributed by atoms with van der Waals surface area (Å²) in [5, 5.41) is 6.65. The van der Waals surface area contributed by atoms with Gasteiger partial charge in [-0.1, -0.05) is 43.4 Å². The molecule has 0 aromatic heterocycles. The third-order valence-electron chi connectivity index (χ3n) is 5.88. The summed E-state index contributed by atoms with van der Waals surface area (Å²) in [4.78, 5) is 25.3. The molecule has 2 N–H and O–H groups in total. The average molecular weight is 427 g/mol. The highest BCUT2D eigenvalue weighted by molar-refractivity contribution is 6.31. The van der Waals surface area contributed by atoms with Crippen molar-refractivity contribution < 1.29 is 14.3 Å². The van der Waals surface area contributed by atoms with Crippen LogP contribution in [0.4, 0.5) is 5.69 Å². The highest BCUT2D eigenvalue weighted by Gasteiger charge is 2.28. The lowest BCUT2D eigenvalue weighted by Gasteiger charge is -2.27. The van der Waals surface area contributed by atoms with Gasteiger partial charge in [0.2, 0.25) is 5.91 Å². The first kappa shape index (κ1) is 20.7. The van der Waals surface area contributed by atoms with Crippen LogP contribution in [0.1, 0.15) is 54.4 Å². The number of carbonyl (C=O) groups excluding carboxylic acids is 2. The highest BCUT2D eigenvalue weighted by atomic mass is 35.5. The molecule has 2 aromatic carbocycles. The van der Waals surface area contributed by atoms with E-state index in [2.05, 4.69) is 10.6 Å². The van der Waals surface area contributed by atoms with E-state index in [0.717, 1.165) is 24.2 Å². The van der Waals surface area contributed by atoms with Crippen molar-refractivity contribution in [1.82, 2.24) is 5.32 Å². The first-order valence-corrected chi connectivity index (χ1v) is 11.1. The standard InChI is InChI=1S/C24H27ClN2O3/c25-19-7-5-6-16(13-19)23(28)27-21-10-11-22-17(14-21)12-18(15-30-22)24(29)26-20-8-3-1-2-4-9-20/h5-7,10-11,13-14,18,20H,1-4,8-9,12,15H2,(H,26,29)(H,27,28)/t18-/m1/s1. The Bertz CT molecular complexity index is 922. The quantitative estimate of drug-likeness (QED) is 0.677. The lowest BCUT2D eigenvalue weighted by atomic mass is 9.95. The molecular formula is C24H27ClN2O3. The molecule has 1 saturated carbocycles. The predicted molar refractivity (Wildman–Crippen MR) is 118 cm³/mol. The Balaban J connectivity index is 1.40. The van der Waals surface area contributed by atoms with Gasteiger partial charge < -0.3 is 15.4 Å². The third kappa shape index (κ3) is 5.14. The maximum absolute atomic E-state index is 12.8. The van der Waals surface area contributed by atoms with Gasteiger partial charge in [0.05, 0.1) is 5.92 Å². The van der Waals surface area contributed by atoms with Crippen LogP contribution in [-0.2, 0) is 11.2 Å². The summed E-state index contributed by atoms with van der Waals surface area (Å²) in [6.07, 6.45) is 7.63. The predicted octanol–water partition coefficient (Wildman–Crippen LogP) is 4.98. The molecule has 2 amide bonds. The minimum Gasteiger partial charge on any atom is -0.492 e. The van der Waals surface area contributed by atoms with Gasteiger partial charge in [0, 0.05) is 22.3 Å². The van der Waals surface area contributed by atoms with Crippen molar-refractivity contribution in [2.24, 2.45) is 5.92 Å². The molecule has 0 spiro atoms. The van der Waals surface area contributed by atoms with Gasteiger partial charge in [0.25, 0.3) is 5.91 Å². The van der Waals surface area contributed by atoms with E-state index in [-0.39, 0.29) is 23.8 Å². The molecule has 4 rings (SSSR count). The molecule has 1 aliphatic heterocycles. The number of carbonyl (C=O) groups is 2. The van der Waals surface area contributed by atoms with Gasteiger partial charge in [-0.05, 0) is 61.2 Å². The minimum absolute atomic E-state index is 0.0703. The van der Waals surface area contributed by atoms with E-state index in [1.165, 1.54) is 25.7 Å². The zero-order valence-corrected chi connectivity index (χ0v) is 17.7. The van der Waals surface area contributed by atoms with Gasteiger partial charge in [-0.2, -0.15) is 0 Å². The van der Waals surface area contributed by atoms with E-state index < -0.39 is 0 Å². The fraction of sp³-hybridized carbons (Fsp3) is 0.417. The molecule has 30 heavy (non-hydrogen) atoms. The summed E-state index contributed by atoms with van der Waals surface area (Å²) in [6, 6.07) is 12.7. The number of nitrogens with one attached hydrogen (secondary N) is 2. The molecule has 1 atom stereocenters. The number of ether oxygens (including phenoxy) is 1. The van der Waals surface area contributed by atoms with Gasteiger partial charge in [-0.25, -0.2) is 0 Å². The zero-order chi connectivity index (χ0) is 20.9. The van der Waals surface area contributed by atoms with Crippen LogP contribution < -0.4 is 15.4 Å². The molecule has 2 aromatic rings. The normalized spacial score (nSPS) is 19.2. The van der Waals surface area contributed by atoms with Crippen LogP contribution in [0.25, 0.3) is 0 Å². The number of anilines is 1. The van der Waals surface area contributed by atoms with Crippen LogP contribution >= 0.6 is 11.6 Å². The molecule has 1 aliphatic carbocycles. The molecule has 0 saturated heterocycles. The Kier molecular flexibility index (Phi) is 6.58. The van der Waals surface area contributed by atoms with E-state index in [4.69, 9.17) is 16.3 Å². The monoisotopic (exact) mass is 426 g/mol. The lowest BCUT2D eigenvalue weighted by Crippen LogP contribution is -2.42. The van der Waals surface area contributed by atoms with Crippen molar-refractivity contribution in [2.45, 2.75) is 51.0 Å². The van der Waals surface area contributed by atoms with Gasteiger partial charge in [0.1, 0.15) is 12.4 Å². The van der Waals surface area contributed by atoms with E-state index in [1.54, 1.807) is 24.3 Å². The van der Waals surface area contributed by atoms with Crippen LogP contribution in [0.5, 0.6) is 5.75 Å². The fourth-order valence-electron chi connectivity index (χ4n) is 4.22. The summed E-state index contributed by atoms with van der Waals surface area (Å²) in [5.41, 5.74) is 2.11. The number of fused-ring (bicyclic) bond motifs is 1. The molecule has 158 valence electrons. The Morgan fingerprint density at radius 1 is 1.00 bits per heavy atom. The SMILES string of the molecule is O=C(Nc1ccc2c(c1)C[C@@H](C(=O)NC1CCCCCC1)CO2)c1cccc(Cl)c1. The van der Waals surface area contributed by atoms with Gasteiger partial charge in [-0.3, -0.25) is 9.59 Å². The van der Waals surface area contributed by atoms with Crippen LogP contribution in [0.15, 0.2) is 42.5 Å². The summed E-state index contributed by atoms with van der Waals surface area (Å²) < 4.78 is 5.84. The van der Waals surface area contributed by atoms with E-state index in [1.807, 2.05) is 18.2 Å². The summed E-state index contributed by atoms with van der Waals surface area (Å²) in [6.45, 7) is 0.389. The molecule has 1 fully saturated rings. The number of rotatable bonds is 4. The molecule has 0 unspecified atom stereocenters. The Morgan fingerprint density at radius 3 is 2.57 bits per heavy atom. The average Bonchev–Trinajstić information content (AvgIpc) is 3.02. The summed E-state index contributed by atoms with van der Waals surface area (Å²) in [7, 11) is 0. The van der Waals surface area contributed by atoms with E-state index >= 15 is 0 Å². The first-order valence-electron chi connectivity index (χ1n) is 10.7. The first-order chi connectivity index (χ1) is 14.6. The number of benzene rings is 2. The molecule has 6 heteroatoms. The topological polar surface area (TPSA) is 67.4 Å². The van der Waals surface area contributed by atoms with Gasteiger partial charge in [-0.15, -0.1) is 0 Å². The fourth-order valence-corrected chi connectivity index (χ4v) is 4.41. The Morgan fingerprint density at radius 2 is 1.80 bits per heavy atom. The van der Waals surface area contributed by atoms with Gasteiger partial charge >= 0.3 is 0 Å². The second-order valence-electron chi connectivity index (χ2n) is 8.20. The van der Waals surface area contributed by atoms with Crippen LogP contribution in [0.3, 0.4) is 0 Å².